The molecular formula is C7H11NO4. The molecule has 5 nitrogen and oxygen atoms in total. The highest BCUT2D eigenvalue weighted by Gasteiger charge is 2.38. The average molecular weight is 173 g/mol. The van der Waals surface area contributed by atoms with E-state index < -0.39 is 23.2 Å². The number of carboxylic acids is 1. The molecule has 1 amide bonds. The molecule has 0 heterocycles. The molecular weight excluding hydrogens is 162 g/mol. The molecule has 0 saturated carbocycles. The third-order valence-electron chi connectivity index (χ3n) is 1.56. The van der Waals surface area contributed by atoms with Gasteiger partial charge in [-0.05, 0) is 13.8 Å². The smallest absolute Gasteiger partial charge is 0.336 e. The van der Waals surface area contributed by atoms with Crippen LogP contribution in [-0.2, 0) is 14.4 Å². The van der Waals surface area contributed by atoms with Gasteiger partial charge in [-0.15, -0.1) is 0 Å². The van der Waals surface area contributed by atoms with Crippen molar-refractivity contribution < 1.29 is 19.5 Å². The molecule has 0 aromatic heterocycles. The van der Waals surface area contributed by atoms with Gasteiger partial charge in [-0.3, -0.25) is 9.59 Å². The fourth-order valence-corrected chi connectivity index (χ4v) is 0.644. The van der Waals surface area contributed by atoms with E-state index in [1.54, 1.807) is 0 Å². The highest BCUT2D eigenvalue weighted by Crippen LogP contribution is 2.04. The van der Waals surface area contributed by atoms with Crippen LogP contribution in [0.25, 0.3) is 0 Å². The lowest BCUT2D eigenvalue weighted by Crippen LogP contribution is -2.56. The van der Waals surface area contributed by atoms with Gasteiger partial charge in [0.15, 0.2) is 11.3 Å². The number of amides is 1. The van der Waals surface area contributed by atoms with Crippen LogP contribution in [-0.4, -0.2) is 28.3 Å². The Morgan fingerprint density at radius 1 is 1.25 bits per heavy atom. The molecule has 0 fully saturated rings. The molecule has 0 rings (SSSR count). The second-order valence-electron chi connectivity index (χ2n) is 2.67. The average Bonchev–Trinajstić information content (AvgIpc) is 1.84. The van der Waals surface area contributed by atoms with Crippen LogP contribution in [0.15, 0.2) is 0 Å². The molecule has 0 aliphatic rings. The third-order valence-corrected chi connectivity index (χ3v) is 1.56. The van der Waals surface area contributed by atoms with Crippen LogP contribution in [0.3, 0.4) is 0 Å². The fourth-order valence-electron chi connectivity index (χ4n) is 0.644. The van der Waals surface area contributed by atoms with Gasteiger partial charge in [0.05, 0.1) is 0 Å². The predicted octanol–water partition coefficient (Wildman–Crippen LogP) is -0.445. The summed E-state index contributed by atoms with van der Waals surface area (Å²) in [5.74, 6) is -2.51. The number of hydrogen-bond acceptors (Lipinski definition) is 3. The van der Waals surface area contributed by atoms with Crippen molar-refractivity contribution in [3.05, 3.63) is 0 Å². The van der Waals surface area contributed by atoms with E-state index in [-0.39, 0.29) is 0 Å². The van der Waals surface area contributed by atoms with Crippen LogP contribution in [0, 0.1) is 0 Å². The Bertz CT molecular complexity index is 220. The van der Waals surface area contributed by atoms with Gasteiger partial charge in [-0.2, -0.15) is 0 Å². The summed E-state index contributed by atoms with van der Waals surface area (Å²) < 4.78 is 0. The lowest BCUT2D eigenvalue weighted by Gasteiger charge is -2.21. The number of ketones is 1. The normalized spacial score (nSPS) is 14.6. The first-order valence-electron chi connectivity index (χ1n) is 3.34. The first-order chi connectivity index (χ1) is 5.30. The highest BCUT2D eigenvalue weighted by molar-refractivity contribution is 6.08. The monoisotopic (exact) mass is 173 g/mol. The summed E-state index contributed by atoms with van der Waals surface area (Å²) in [6, 6.07) is 0. The van der Waals surface area contributed by atoms with E-state index in [4.69, 9.17) is 5.11 Å². The molecule has 1 unspecified atom stereocenters. The molecule has 0 spiro atoms. The quantitative estimate of drug-likeness (QED) is 0.566. The van der Waals surface area contributed by atoms with Crippen LogP contribution < -0.4 is 5.32 Å². The molecule has 0 aliphatic carbocycles. The van der Waals surface area contributed by atoms with Gasteiger partial charge in [0.1, 0.15) is 0 Å². The molecule has 1 atom stereocenters. The number of carbonyl (C=O) groups is 3. The van der Waals surface area contributed by atoms with Crippen molar-refractivity contribution in [2.24, 2.45) is 0 Å². The number of rotatable bonds is 3. The lowest BCUT2D eigenvalue weighted by atomic mass is 9.98. The Balaban J connectivity index is 4.75. The Morgan fingerprint density at radius 3 is 1.75 bits per heavy atom. The van der Waals surface area contributed by atoms with Gasteiger partial charge < -0.3 is 10.4 Å². The minimum Gasteiger partial charge on any atom is -0.479 e. The minimum absolute atomic E-state index is 0.546. The Kier molecular flexibility index (Phi) is 2.95. The van der Waals surface area contributed by atoms with Crippen LogP contribution in [0.2, 0.25) is 0 Å². The van der Waals surface area contributed by atoms with Crippen molar-refractivity contribution in [2.75, 3.05) is 0 Å². The maximum Gasteiger partial charge on any atom is 0.336 e. The highest BCUT2D eigenvalue weighted by atomic mass is 16.4. The molecule has 5 heteroatoms. The Labute approximate surface area is 69.8 Å². The van der Waals surface area contributed by atoms with E-state index in [0.29, 0.717) is 0 Å². The Morgan fingerprint density at radius 2 is 1.67 bits per heavy atom. The summed E-state index contributed by atoms with van der Waals surface area (Å²) in [5.41, 5.74) is -1.80. The lowest BCUT2D eigenvalue weighted by molar-refractivity contribution is -0.151. The van der Waals surface area contributed by atoms with E-state index in [2.05, 4.69) is 5.32 Å². The molecule has 68 valence electrons. The summed E-state index contributed by atoms with van der Waals surface area (Å²) in [4.78, 5) is 32.0. The third kappa shape index (κ3) is 2.05. The van der Waals surface area contributed by atoms with Gasteiger partial charge >= 0.3 is 5.97 Å². The molecule has 0 aromatic rings. The van der Waals surface area contributed by atoms with Crippen LogP contribution >= 0.6 is 0 Å². The zero-order valence-electron chi connectivity index (χ0n) is 7.17. The molecule has 0 radical (unpaired) electrons. The molecule has 0 bridgehead atoms. The van der Waals surface area contributed by atoms with Crippen molar-refractivity contribution in [1.29, 1.82) is 0 Å². The first kappa shape index (κ1) is 10.6. The van der Waals surface area contributed by atoms with Crippen molar-refractivity contribution in [2.45, 2.75) is 26.3 Å². The van der Waals surface area contributed by atoms with Crippen molar-refractivity contribution >= 4 is 17.7 Å². The van der Waals surface area contributed by atoms with Crippen LogP contribution in [0.5, 0.6) is 0 Å². The van der Waals surface area contributed by atoms with E-state index >= 15 is 0 Å². The summed E-state index contributed by atoms with van der Waals surface area (Å²) >= 11 is 0. The van der Waals surface area contributed by atoms with Gasteiger partial charge in [0.25, 0.3) is 0 Å². The molecule has 0 saturated heterocycles. The molecule has 12 heavy (non-hydrogen) atoms. The van der Waals surface area contributed by atoms with Crippen LogP contribution in [0.1, 0.15) is 20.8 Å². The van der Waals surface area contributed by atoms with E-state index in [9.17, 15) is 14.4 Å². The Hall–Kier alpha value is -1.39. The number of carboxylic acid groups (broad SMARTS) is 1. The zero-order chi connectivity index (χ0) is 9.94. The number of carbonyl (C=O) groups excluding carboxylic acids is 2. The SMILES string of the molecule is CC(=O)NC(C)(C(C)=O)C(=O)O. The summed E-state index contributed by atoms with van der Waals surface area (Å²) in [7, 11) is 0. The van der Waals surface area contributed by atoms with Gasteiger partial charge in [0.2, 0.25) is 5.91 Å². The van der Waals surface area contributed by atoms with E-state index in [1.165, 1.54) is 0 Å². The summed E-state index contributed by atoms with van der Waals surface area (Å²) in [6.07, 6.45) is 0. The largest absolute Gasteiger partial charge is 0.479 e. The second kappa shape index (κ2) is 3.34. The molecule has 0 aromatic carbocycles. The first-order valence-corrected chi connectivity index (χ1v) is 3.34. The number of aliphatic carboxylic acids is 1. The molecule has 2 N–H and O–H groups in total. The topological polar surface area (TPSA) is 83.5 Å². The maximum absolute atomic E-state index is 10.8. The summed E-state index contributed by atoms with van der Waals surface area (Å²) in [6.45, 7) is 3.42. The number of hydrogen-bond donors (Lipinski definition) is 2. The zero-order valence-corrected chi connectivity index (χ0v) is 7.17. The fraction of sp³-hybridized carbons (Fsp3) is 0.571. The van der Waals surface area contributed by atoms with Crippen LogP contribution in [0.4, 0.5) is 0 Å². The summed E-state index contributed by atoms with van der Waals surface area (Å²) in [5, 5.41) is 10.7. The van der Waals surface area contributed by atoms with E-state index in [1.807, 2.05) is 0 Å². The van der Waals surface area contributed by atoms with E-state index in [0.717, 1.165) is 20.8 Å². The maximum atomic E-state index is 10.8. The molecule has 0 aliphatic heterocycles. The predicted molar refractivity (Wildman–Crippen MR) is 40.5 cm³/mol. The second-order valence-corrected chi connectivity index (χ2v) is 2.67. The van der Waals surface area contributed by atoms with Crippen molar-refractivity contribution in [3.63, 3.8) is 0 Å². The van der Waals surface area contributed by atoms with Gasteiger partial charge in [0, 0.05) is 6.92 Å². The van der Waals surface area contributed by atoms with Crippen molar-refractivity contribution in [3.8, 4) is 0 Å². The number of nitrogens with one attached hydrogen (secondary N) is 1. The number of Topliss-reactive ketones (excluding diaryl/α,β-unsaturated/α-hetero) is 1. The minimum atomic E-state index is -1.80. The van der Waals surface area contributed by atoms with Gasteiger partial charge in [-0.1, -0.05) is 0 Å². The standard InChI is InChI=1S/C7H11NO4/c1-4(9)7(3,6(11)12)8-5(2)10/h1-3H3,(H,8,10)(H,11,12). The van der Waals surface area contributed by atoms with Gasteiger partial charge in [-0.25, -0.2) is 4.79 Å². The van der Waals surface area contributed by atoms with Crippen molar-refractivity contribution in [1.82, 2.24) is 5.32 Å².